The molecule has 0 aromatic heterocycles. The third-order valence-corrected chi connectivity index (χ3v) is 4.11. The van der Waals surface area contributed by atoms with Crippen molar-refractivity contribution in [3.05, 3.63) is 23.8 Å². The molecule has 0 saturated heterocycles. The number of nitrogens with two attached hydrogens (primary N) is 2. The zero-order chi connectivity index (χ0) is 14.0. The first-order chi connectivity index (χ1) is 8.99. The number of nitrogen functional groups attached to an aromatic ring is 2. The molecule has 0 heterocycles. The lowest BCUT2D eigenvalue weighted by Gasteiger charge is -2.36. The molecular formula is C15H23N3O. The van der Waals surface area contributed by atoms with E-state index in [9.17, 15) is 4.79 Å². The summed E-state index contributed by atoms with van der Waals surface area (Å²) in [7, 11) is 1.88. The molecule has 1 aromatic rings. The second-order valence-electron chi connectivity index (χ2n) is 5.63. The molecule has 104 valence electrons. The Balaban J connectivity index is 2.18. The highest BCUT2D eigenvalue weighted by molar-refractivity contribution is 5.96. The molecular weight excluding hydrogens is 238 g/mol. The molecule has 0 bridgehead atoms. The fraction of sp³-hybridized carbons (Fsp3) is 0.533. The molecule has 2 unspecified atom stereocenters. The highest BCUT2D eigenvalue weighted by Crippen LogP contribution is 2.28. The first-order valence-corrected chi connectivity index (χ1v) is 6.92. The molecule has 1 fully saturated rings. The summed E-state index contributed by atoms with van der Waals surface area (Å²) in [5, 5.41) is 0. The number of hydrogen-bond donors (Lipinski definition) is 2. The summed E-state index contributed by atoms with van der Waals surface area (Å²) < 4.78 is 0. The van der Waals surface area contributed by atoms with Crippen molar-refractivity contribution in [2.24, 2.45) is 5.92 Å². The zero-order valence-electron chi connectivity index (χ0n) is 11.7. The largest absolute Gasteiger partial charge is 0.399 e. The molecule has 1 amide bonds. The average Bonchev–Trinajstić information content (AvgIpc) is 2.36. The van der Waals surface area contributed by atoms with Crippen LogP contribution in [0, 0.1) is 5.92 Å². The first-order valence-electron chi connectivity index (χ1n) is 6.92. The minimum absolute atomic E-state index is 0.0118. The van der Waals surface area contributed by atoms with Gasteiger partial charge in [0, 0.05) is 30.0 Å². The fourth-order valence-corrected chi connectivity index (χ4v) is 3.03. The maximum Gasteiger partial charge on any atom is 0.254 e. The molecule has 0 radical (unpaired) electrons. The van der Waals surface area contributed by atoms with Gasteiger partial charge in [-0.3, -0.25) is 4.79 Å². The molecule has 4 heteroatoms. The summed E-state index contributed by atoms with van der Waals surface area (Å²) in [6.45, 7) is 2.22. The van der Waals surface area contributed by atoms with E-state index >= 15 is 0 Å². The van der Waals surface area contributed by atoms with Gasteiger partial charge in [-0.2, -0.15) is 0 Å². The highest BCUT2D eigenvalue weighted by atomic mass is 16.2. The Bertz CT molecular complexity index is 452. The number of rotatable bonds is 2. The predicted molar refractivity (Wildman–Crippen MR) is 78.8 cm³/mol. The van der Waals surface area contributed by atoms with Gasteiger partial charge in [0.25, 0.3) is 5.91 Å². The van der Waals surface area contributed by atoms with Crippen LogP contribution in [0.1, 0.15) is 43.0 Å². The van der Waals surface area contributed by atoms with E-state index in [-0.39, 0.29) is 5.91 Å². The number of carbonyl (C=O) groups excluding carboxylic acids is 1. The molecule has 4 nitrogen and oxygen atoms in total. The minimum Gasteiger partial charge on any atom is -0.399 e. The lowest BCUT2D eigenvalue weighted by molar-refractivity contribution is 0.0629. The van der Waals surface area contributed by atoms with Gasteiger partial charge >= 0.3 is 0 Å². The van der Waals surface area contributed by atoms with Gasteiger partial charge in [-0.05, 0) is 37.0 Å². The lowest BCUT2D eigenvalue weighted by Crippen LogP contribution is -2.42. The standard InChI is InChI=1S/C15H23N3O/c1-10-5-3-4-6-14(10)18(2)15(19)11-7-12(16)9-13(17)8-11/h7-10,14H,3-6,16-17H2,1-2H3. The maximum atomic E-state index is 12.5. The Morgan fingerprint density at radius 3 is 2.32 bits per heavy atom. The average molecular weight is 261 g/mol. The van der Waals surface area contributed by atoms with Crippen LogP contribution in [0.3, 0.4) is 0 Å². The summed E-state index contributed by atoms with van der Waals surface area (Å²) in [4.78, 5) is 14.4. The monoisotopic (exact) mass is 261 g/mol. The third-order valence-electron chi connectivity index (χ3n) is 4.11. The number of amides is 1. The second kappa shape index (κ2) is 5.51. The molecule has 2 atom stereocenters. The van der Waals surface area contributed by atoms with E-state index in [0.29, 0.717) is 28.9 Å². The molecule has 0 aliphatic heterocycles. The van der Waals surface area contributed by atoms with Crippen molar-refractivity contribution < 1.29 is 4.79 Å². The normalized spacial score (nSPS) is 23.1. The van der Waals surface area contributed by atoms with E-state index in [1.54, 1.807) is 18.2 Å². The Kier molecular flexibility index (Phi) is 3.98. The molecule has 1 aliphatic carbocycles. The van der Waals surface area contributed by atoms with Crippen LogP contribution in [0.4, 0.5) is 11.4 Å². The molecule has 1 aliphatic rings. The van der Waals surface area contributed by atoms with Gasteiger partial charge in [-0.15, -0.1) is 0 Å². The number of carbonyl (C=O) groups is 1. The summed E-state index contributed by atoms with van der Waals surface area (Å²) >= 11 is 0. The van der Waals surface area contributed by atoms with Gasteiger partial charge in [-0.25, -0.2) is 0 Å². The molecule has 0 spiro atoms. The quantitative estimate of drug-likeness (QED) is 0.803. The van der Waals surface area contributed by atoms with Crippen molar-refractivity contribution in [1.82, 2.24) is 4.90 Å². The summed E-state index contributed by atoms with van der Waals surface area (Å²) in [6.07, 6.45) is 4.75. The van der Waals surface area contributed by atoms with E-state index in [0.717, 1.165) is 6.42 Å². The van der Waals surface area contributed by atoms with Crippen LogP contribution in [-0.2, 0) is 0 Å². The lowest BCUT2D eigenvalue weighted by atomic mass is 9.85. The molecule has 4 N–H and O–H groups in total. The maximum absolute atomic E-state index is 12.5. The Morgan fingerprint density at radius 1 is 1.16 bits per heavy atom. The first kappa shape index (κ1) is 13.7. The van der Waals surface area contributed by atoms with Gasteiger partial charge in [0.05, 0.1) is 0 Å². The summed E-state index contributed by atoms with van der Waals surface area (Å²) in [5.74, 6) is 0.568. The van der Waals surface area contributed by atoms with Crippen molar-refractivity contribution in [3.8, 4) is 0 Å². The van der Waals surface area contributed by atoms with Crippen LogP contribution in [0.15, 0.2) is 18.2 Å². The van der Waals surface area contributed by atoms with Crippen molar-refractivity contribution in [2.45, 2.75) is 38.6 Å². The zero-order valence-corrected chi connectivity index (χ0v) is 11.7. The Morgan fingerprint density at radius 2 is 1.74 bits per heavy atom. The smallest absolute Gasteiger partial charge is 0.254 e. The summed E-state index contributed by atoms with van der Waals surface area (Å²) in [5.41, 5.74) is 13.2. The van der Waals surface area contributed by atoms with Crippen LogP contribution in [0.5, 0.6) is 0 Å². The van der Waals surface area contributed by atoms with Crippen molar-refractivity contribution in [1.29, 1.82) is 0 Å². The molecule has 1 aromatic carbocycles. The summed E-state index contributed by atoms with van der Waals surface area (Å²) in [6, 6.07) is 5.38. The predicted octanol–water partition coefficient (Wildman–Crippen LogP) is 2.50. The van der Waals surface area contributed by atoms with E-state index in [2.05, 4.69) is 6.92 Å². The Labute approximate surface area is 114 Å². The van der Waals surface area contributed by atoms with E-state index < -0.39 is 0 Å². The molecule has 1 saturated carbocycles. The number of hydrogen-bond acceptors (Lipinski definition) is 3. The van der Waals surface area contributed by atoms with Crippen molar-refractivity contribution in [2.75, 3.05) is 18.5 Å². The SMILES string of the molecule is CC1CCCCC1N(C)C(=O)c1cc(N)cc(N)c1. The van der Waals surface area contributed by atoms with Gasteiger partial charge in [0.1, 0.15) is 0 Å². The third kappa shape index (κ3) is 3.00. The van der Waals surface area contributed by atoms with E-state index in [1.165, 1.54) is 19.3 Å². The van der Waals surface area contributed by atoms with E-state index in [1.807, 2.05) is 11.9 Å². The van der Waals surface area contributed by atoms with Crippen LogP contribution in [0.25, 0.3) is 0 Å². The van der Waals surface area contributed by atoms with Gasteiger partial charge in [0.2, 0.25) is 0 Å². The van der Waals surface area contributed by atoms with Crippen LogP contribution >= 0.6 is 0 Å². The van der Waals surface area contributed by atoms with Crippen LogP contribution < -0.4 is 11.5 Å². The van der Waals surface area contributed by atoms with Gasteiger partial charge in [0.15, 0.2) is 0 Å². The number of nitrogens with zero attached hydrogens (tertiary/aromatic N) is 1. The molecule has 19 heavy (non-hydrogen) atoms. The highest BCUT2D eigenvalue weighted by Gasteiger charge is 2.28. The van der Waals surface area contributed by atoms with Crippen molar-refractivity contribution in [3.63, 3.8) is 0 Å². The Hall–Kier alpha value is -1.71. The minimum atomic E-state index is 0.0118. The van der Waals surface area contributed by atoms with Gasteiger partial charge in [-0.1, -0.05) is 19.8 Å². The topological polar surface area (TPSA) is 72.3 Å². The van der Waals surface area contributed by atoms with Crippen molar-refractivity contribution >= 4 is 17.3 Å². The van der Waals surface area contributed by atoms with Gasteiger partial charge < -0.3 is 16.4 Å². The fourth-order valence-electron chi connectivity index (χ4n) is 3.03. The number of benzene rings is 1. The second-order valence-corrected chi connectivity index (χ2v) is 5.63. The van der Waals surface area contributed by atoms with Crippen LogP contribution in [-0.4, -0.2) is 23.9 Å². The van der Waals surface area contributed by atoms with E-state index in [4.69, 9.17) is 11.5 Å². The number of anilines is 2. The van der Waals surface area contributed by atoms with Crippen LogP contribution in [0.2, 0.25) is 0 Å². The molecule has 2 rings (SSSR count).